The minimum absolute atomic E-state index is 0.0395. The van der Waals surface area contributed by atoms with Gasteiger partial charge in [-0.2, -0.15) is 0 Å². The largest absolute Gasteiger partial charge is 0.390 e. The Morgan fingerprint density at radius 3 is 2.53 bits per heavy atom. The molecule has 0 radical (unpaired) electrons. The summed E-state index contributed by atoms with van der Waals surface area (Å²) in [6.07, 6.45) is -0.284. The van der Waals surface area contributed by atoms with Crippen molar-refractivity contribution in [2.75, 3.05) is 14.1 Å². The van der Waals surface area contributed by atoms with Crippen molar-refractivity contribution in [2.45, 2.75) is 69.0 Å². The highest BCUT2D eigenvalue weighted by Gasteiger charge is 2.53. The van der Waals surface area contributed by atoms with Crippen LogP contribution in [0.5, 0.6) is 0 Å². The number of ether oxygens (including phenoxy) is 2. The fourth-order valence-electron chi connectivity index (χ4n) is 3.18. The van der Waals surface area contributed by atoms with Gasteiger partial charge < -0.3 is 30.3 Å². The van der Waals surface area contributed by atoms with Gasteiger partial charge >= 0.3 is 0 Å². The summed E-state index contributed by atoms with van der Waals surface area (Å²) in [5.41, 5.74) is 0. The SMILES string of the molecule is CCC1(O)OC2C(CC(NC)C(O)C2NC)OC1C. The zero-order chi connectivity index (χ0) is 14.2. The highest BCUT2D eigenvalue weighted by atomic mass is 16.7. The summed E-state index contributed by atoms with van der Waals surface area (Å²) in [6, 6.07) is -0.302. The van der Waals surface area contributed by atoms with Crippen LogP contribution in [0.1, 0.15) is 26.7 Å². The van der Waals surface area contributed by atoms with Gasteiger partial charge in [-0.3, -0.25) is 0 Å². The van der Waals surface area contributed by atoms with Crippen LogP contribution in [-0.2, 0) is 9.47 Å². The maximum Gasteiger partial charge on any atom is 0.192 e. The average molecular weight is 274 g/mol. The number of likely N-dealkylation sites (N-methyl/N-ethyl adjacent to an activating group) is 2. The molecule has 1 heterocycles. The van der Waals surface area contributed by atoms with Gasteiger partial charge in [0.05, 0.1) is 18.2 Å². The number of rotatable bonds is 3. The van der Waals surface area contributed by atoms with Gasteiger partial charge in [0.1, 0.15) is 12.2 Å². The van der Waals surface area contributed by atoms with Crippen LogP contribution >= 0.6 is 0 Å². The van der Waals surface area contributed by atoms with Crippen LogP contribution in [0, 0.1) is 0 Å². The fourth-order valence-corrected chi connectivity index (χ4v) is 3.18. The summed E-state index contributed by atoms with van der Waals surface area (Å²) in [6.45, 7) is 3.69. The molecular weight excluding hydrogens is 248 g/mol. The van der Waals surface area contributed by atoms with Crippen LogP contribution in [-0.4, -0.2) is 66.6 Å². The molecule has 0 aromatic rings. The summed E-state index contributed by atoms with van der Waals surface area (Å²) in [4.78, 5) is 0. The molecule has 6 heteroatoms. The van der Waals surface area contributed by atoms with Gasteiger partial charge in [-0.15, -0.1) is 0 Å². The Morgan fingerprint density at radius 2 is 2.00 bits per heavy atom. The van der Waals surface area contributed by atoms with E-state index >= 15 is 0 Å². The summed E-state index contributed by atoms with van der Waals surface area (Å²) < 4.78 is 11.8. The molecule has 112 valence electrons. The van der Waals surface area contributed by atoms with Crippen LogP contribution in [0.15, 0.2) is 0 Å². The van der Waals surface area contributed by atoms with Crippen LogP contribution in [0.4, 0.5) is 0 Å². The molecule has 0 amide bonds. The Bertz CT molecular complexity index is 317. The van der Waals surface area contributed by atoms with Crippen molar-refractivity contribution in [3.05, 3.63) is 0 Å². The lowest BCUT2D eigenvalue weighted by Crippen LogP contribution is -2.70. The lowest BCUT2D eigenvalue weighted by Gasteiger charge is -2.52. The fraction of sp³-hybridized carbons (Fsp3) is 1.00. The number of hydrogen-bond acceptors (Lipinski definition) is 6. The van der Waals surface area contributed by atoms with E-state index in [2.05, 4.69) is 10.6 Å². The van der Waals surface area contributed by atoms with Crippen molar-refractivity contribution in [3.8, 4) is 0 Å². The number of nitrogens with one attached hydrogen (secondary N) is 2. The van der Waals surface area contributed by atoms with Gasteiger partial charge in [-0.1, -0.05) is 6.92 Å². The van der Waals surface area contributed by atoms with E-state index in [0.717, 1.165) is 0 Å². The predicted molar refractivity (Wildman–Crippen MR) is 70.8 cm³/mol. The second-order valence-corrected chi connectivity index (χ2v) is 5.53. The molecule has 6 nitrogen and oxygen atoms in total. The van der Waals surface area contributed by atoms with E-state index in [1.54, 1.807) is 7.05 Å². The number of fused-ring (bicyclic) bond motifs is 1. The molecule has 1 aliphatic heterocycles. The van der Waals surface area contributed by atoms with E-state index in [1.165, 1.54) is 0 Å². The normalized spacial score (nSPS) is 50.8. The zero-order valence-electron chi connectivity index (χ0n) is 12.1. The average Bonchev–Trinajstić information content (AvgIpc) is 2.40. The molecular formula is C13H26N2O4. The number of aliphatic hydroxyl groups excluding tert-OH is 1. The molecule has 2 rings (SSSR count). The molecule has 2 aliphatic rings. The van der Waals surface area contributed by atoms with Crippen LogP contribution < -0.4 is 10.6 Å². The van der Waals surface area contributed by atoms with Gasteiger partial charge in [0, 0.05) is 12.5 Å². The molecule has 4 N–H and O–H groups in total. The summed E-state index contributed by atoms with van der Waals surface area (Å²) in [5.74, 6) is -1.28. The Hall–Kier alpha value is -0.240. The third-order valence-electron chi connectivity index (χ3n) is 4.55. The van der Waals surface area contributed by atoms with Gasteiger partial charge in [0.15, 0.2) is 5.79 Å². The van der Waals surface area contributed by atoms with Crippen molar-refractivity contribution in [3.63, 3.8) is 0 Å². The van der Waals surface area contributed by atoms with E-state index in [0.29, 0.717) is 12.8 Å². The van der Waals surface area contributed by atoms with E-state index in [4.69, 9.17) is 9.47 Å². The molecule has 19 heavy (non-hydrogen) atoms. The minimum atomic E-state index is -1.28. The Kier molecular flexibility index (Phi) is 4.49. The Labute approximate surface area is 114 Å². The van der Waals surface area contributed by atoms with Crippen molar-refractivity contribution in [1.29, 1.82) is 0 Å². The lowest BCUT2D eigenvalue weighted by atomic mass is 9.82. The van der Waals surface area contributed by atoms with Crippen LogP contribution in [0.2, 0.25) is 0 Å². The molecule has 7 atom stereocenters. The van der Waals surface area contributed by atoms with Gasteiger partial charge in [-0.05, 0) is 27.4 Å². The second kappa shape index (κ2) is 5.63. The quantitative estimate of drug-likeness (QED) is 0.539. The van der Waals surface area contributed by atoms with Gasteiger partial charge in [-0.25, -0.2) is 0 Å². The molecule has 1 aliphatic carbocycles. The van der Waals surface area contributed by atoms with Crippen molar-refractivity contribution in [1.82, 2.24) is 10.6 Å². The van der Waals surface area contributed by atoms with Crippen LogP contribution in [0.25, 0.3) is 0 Å². The van der Waals surface area contributed by atoms with Crippen LogP contribution in [0.3, 0.4) is 0 Å². The minimum Gasteiger partial charge on any atom is -0.390 e. The molecule has 2 fully saturated rings. The molecule has 0 bridgehead atoms. The third kappa shape index (κ3) is 2.53. The molecule has 0 aromatic heterocycles. The highest BCUT2D eigenvalue weighted by molar-refractivity contribution is 5.03. The highest BCUT2D eigenvalue weighted by Crippen LogP contribution is 2.37. The maximum atomic E-state index is 10.4. The molecule has 7 unspecified atom stereocenters. The number of aliphatic hydroxyl groups is 2. The first-order valence-corrected chi connectivity index (χ1v) is 7.05. The zero-order valence-corrected chi connectivity index (χ0v) is 12.1. The topological polar surface area (TPSA) is 83.0 Å². The smallest absolute Gasteiger partial charge is 0.192 e. The van der Waals surface area contributed by atoms with Gasteiger partial charge in [0.2, 0.25) is 0 Å². The lowest BCUT2D eigenvalue weighted by molar-refractivity contribution is -0.360. The molecule has 1 saturated carbocycles. The van der Waals surface area contributed by atoms with Crippen molar-refractivity contribution >= 4 is 0 Å². The Balaban J connectivity index is 2.21. The first kappa shape index (κ1) is 15.2. The molecule has 0 spiro atoms. The molecule has 1 saturated heterocycles. The summed E-state index contributed by atoms with van der Waals surface area (Å²) in [7, 11) is 3.62. The van der Waals surface area contributed by atoms with Gasteiger partial charge in [0.25, 0.3) is 0 Å². The first-order chi connectivity index (χ1) is 8.96. The van der Waals surface area contributed by atoms with E-state index in [9.17, 15) is 10.2 Å². The maximum absolute atomic E-state index is 10.4. The van der Waals surface area contributed by atoms with E-state index in [1.807, 2.05) is 20.9 Å². The Morgan fingerprint density at radius 1 is 1.32 bits per heavy atom. The first-order valence-electron chi connectivity index (χ1n) is 7.05. The standard InChI is InChI=1S/C13H26N2O4/c1-5-13(17)7(2)18-9-6-8(14-3)11(16)10(15-4)12(9)19-13/h7-12,14-17H,5-6H2,1-4H3. The van der Waals surface area contributed by atoms with Crippen molar-refractivity contribution in [2.24, 2.45) is 0 Å². The van der Waals surface area contributed by atoms with Crippen molar-refractivity contribution < 1.29 is 19.7 Å². The van der Waals surface area contributed by atoms with E-state index < -0.39 is 11.9 Å². The summed E-state index contributed by atoms with van der Waals surface area (Å²) in [5, 5.41) is 27.0. The molecule has 0 aromatic carbocycles. The monoisotopic (exact) mass is 274 g/mol. The second-order valence-electron chi connectivity index (χ2n) is 5.53. The van der Waals surface area contributed by atoms with E-state index in [-0.39, 0.29) is 30.4 Å². The third-order valence-corrected chi connectivity index (χ3v) is 4.55. The number of hydrogen-bond donors (Lipinski definition) is 4. The summed E-state index contributed by atoms with van der Waals surface area (Å²) >= 11 is 0. The predicted octanol–water partition coefficient (Wildman–Crippen LogP) is -0.802.